The number of aliphatic imine (C=N–C) groups is 1. The predicted octanol–water partition coefficient (Wildman–Crippen LogP) is 5.32. The van der Waals surface area contributed by atoms with Crippen molar-refractivity contribution in [3.05, 3.63) is 95.3 Å². The fourth-order valence-electron chi connectivity index (χ4n) is 4.21. The third kappa shape index (κ3) is 5.56. The lowest BCUT2D eigenvalue weighted by Crippen LogP contribution is -2.25. The maximum absolute atomic E-state index is 13.6. The predicted molar refractivity (Wildman–Crippen MR) is 143 cm³/mol. The molecule has 2 heterocycles. The van der Waals surface area contributed by atoms with Gasteiger partial charge in [-0.15, -0.1) is 0 Å². The van der Waals surface area contributed by atoms with E-state index in [0.29, 0.717) is 23.0 Å². The van der Waals surface area contributed by atoms with Crippen molar-refractivity contribution < 1.29 is 18.7 Å². The Morgan fingerprint density at radius 1 is 1.08 bits per heavy atom. The summed E-state index contributed by atoms with van der Waals surface area (Å²) < 4.78 is 18.7. The second-order valence-electron chi connectivity index (χ2n) is 8.85. The number of rotatable bonds is 6. The fraction of sp³-hybridized carbons (Fsp3) is 0.214. The quantitative estimate of drug-likeness (QED) is 0.480. The van der Waals surface area contributed by atoms with Gasteiger partial charge in [0.2, 0.25) is 5.91 Å². The first kappa shape index (κ1) is 24.7. The molecule has 0 spiro atoms. The van der Waals surface area contributed by atoms with E-state index in [1.165, 1.54) is 23.9 Å². The van der Waals surface area contributed by atoms with Gasteiger partial charge >= 0.3 is 0 Å². The van der Waals surface area contributed by atoms with Gasteiger partial charge in [0.05, 0.1) is 18.9 Å². The lowest BCUT2D eigenvalue weighted by atomic mass is 9.98. The van der Waals surface area contributed by atoms with Gasteiger partial charge in [-0.1, -0.05) is 53.7 Å². The van der Waals surface area contributed by atoms with Crippen molar-refractivity contribution in [2.75, 3.05) is 12.4 Å². The largest absolute Gasteiger partial charge is 0.497 e. The topological polar surface area (TPSA) is 83.4 Å². The number of nitrogens with one attached hydrogen (secondary N) is 1. The average Bonchev–Trinajstić information content (AvgIpc) is 3.49. The number of thioether (sulfide) groups is 1. The third-order valence-electron chi connectivity index (χ3n) is 6.22. The Morgan fingerprint density at radius 2 is 1.78 bits per heavy atom. The minimum Gasteiger partial charge on any atom is -0.497 e. The van der Waals surface area contributed by atoms with Gasteiger partial charge in [-0.05, 0) is 54.4 Å². The van der Waals surface area contributed by atoms with Gasteiger partial charge in [0.1, 0.15) is 16.8 Å². The van der Waals surface area contributed by atoms with E-state index < -0.39 is 5.25 Å². The summed E-state index contributed by atoms with van der Waals surface area (Å²) in [7, 11) is 1.57. The molecule has 3 aromatic carbocycles. The molecule has 0 aliphatic carbocycles. The number of hydrazone groups is 1. The van der Waals surface area contributed by atoms with Gasteiger partial charge in [0.15, 0.2) is 5.17 Å². The second kappa shape index (κ2) is 10.6. The number of anilines is 1. The summed E-state index contributed by atoms with van der Waals surface area (Å²) in [6, 6.07) is 21.1. The number of carbonyl (C=O) groups is 2. The monoisotopic (exact) mass is 516 g/mol. The normalized spacial score (nSPS) is 19.0. The standard InChI is InChI=1S/C28H25FN4O3S/c1-17-3-5-18(6-4-17)23-15-24(19-7-9-20(29)10-8-19)33(32-23)28-31-27(35)25(37-28)16-26(34)30-21-11-13-22(36-2)14-12-21/h3-14,24-25H,15-16H2,1-2H3,(H,30,34)/t24-,25-/m0/s1. The first-order valence-electron chi connectivity index (χ1n) is 11.8. The lowest BCUT2D eigenvalue weighted by Gasteiger charge is -2.23. The van der Waals surface area contributed by atoms with Crippen LogP contribution in [0.4, 0.5) is 10.1 Å². The molecule has 7 nitrogen and oxygen atoms in total. The molecule has 0 bridgehead atoms. The number of methoxy groups -OCH3 is 1. The maximum atomic E-state index is 13.6. The Labute approximate surface area is 218 Å². The Balaban J connectivity index is 1.33. The van der Waals surface area contributed by atoms with Gasteiger partial charge in [-0.2, -0.15) is 10.1 Å². The van der Waals surface area contributed by atoms with E-state index in [-0.39, 0.29) is 30.1 Å². The number of nitrogens with zero attached hydrogens (tertiary/aromatic N) is 3. The zero-order valence-electron chi connectivity index (χ0n) is 20.3. The van der Waals surface area contributed by atoms with E-state index >= 15 is 0 Å². The highest BCUT2D eigenvalue weighted by atomic mass is 32.2. The second-order valence-corrected chi connectivity index (χ2v) is 10.0. The minimum atomic E-state index is -0.652. The summed E-state index contributed by atoms with van der Waals surface area (Å²) in [6.45, 7) is 2.02. The van der Waals surface area contributed by atoms with Crippen LogP contribution in [0.5, 0.6) is 5.75 Å². The van der Waals surface area contributed by atoms with Crippen molar-refractivity contribution >= 4 is 40.1 Å². The van der Waals surface area contributed by atoms with Gasteiger partial charge in [-0.3, -0.25) is 9.59 Å². The molecular weight excluding hydrogens is 491 g/mol. The summed E-state index contributed by atoms with van der Waals surface area (Å²) in [5.41, 5.74) is 4.46. The number of amidine groups is 1. The summed E-state index contributed by atoms with van der Waals surface area (Å²) in [4.78, 5) is 29.7. The average molecular weight is 517 g/mol. The van der Waals surface area contributed by atoms with Crippen LogP contribution in [0.25, 0.3) is 0 Å². The molecule has 37 heavy (non-hydrogen) atoms. The molecule has 9 heteroatoms. The molecule has 0 saturated heterocycles. The Bertz CT molecular complexity index is 1370. The molecule has 188 valence electrons. The van der Waals surface area contributed by atoms with E-state index in [1.54, 1.807) is 48.5 Å². The van der Waals surface area contributed by atoms with Crippen LogP contribution in [0.1, 0.15) is 35.6 Å². The highest BCUT2D eigenvalue weighted by Gasteiger charge is 2.39. The molecule has 2 atom stereocenters. The first-order chi connectivity index (χ1) is 17.9. The van der Waals surface area contributed by atoms with E-state index in [1.807, 2.05) is 31.2 Å². The van der Waals surface area contributed by atoms with Gasteiger partial charge in [0.25, 0.3) is 5.91 Å². The molecule has 3 aromatic rings. The maximum Gasteiger partial charge on any atom is 0.262 e. The Kier molecular flexibility index (Phi) is 7.05. The molecule has 0 saturated carbocycles. The zero-order chi connectivity index (χ0) is 25.9. The van der Waals surface area contributed by atoms with Crippen molar-refractivity contribution in [3.8, 4) is 5.75 Å². The summed E-state index contributed by atoms with van der Waals surface area (Å²) in [5, 5.41) is 9.14. The molecule has 0 radical (unpaired) electrons. The molecule has 2 amide bonds. The van der Waals surface area contributed by atoms with E-state index in [0.717, 1.165) is 22.4 Å². The molecule has 0 fully saturated rings. The van der Waals surface area contributed by atoms with Gasteiger partial charge < -0.3 is 10.1 Å². The van der Waals surface area contributed by atoms with Crippen LogP contribution in [-0.4, -0.2) is 40.1 Å². The first-order valence-corrected chi connectivity index (χ1v) is 12.7. The number of benzene rings is 3. The van der Waals surface area contributed by atoms with Crippen LogP contribution < -0.4 is 10.1 Å². The number of ether oxygens (including phenoxy) is 1. The summed E-state index contributed by atoms with van der Waals surface area (Å²) in [6.07, 6.45) is 0.553. The number of carbonyl (C=O) groups excluding carboxylic acids is 2. The Morgan fingerprint density at radius 3 is 2.46 bits per heavy atom. The van der Waals surface area contributed by atoms with Crippen LogP contribution in [0, 0.1) is 12.7 Å². The van der Waals surface area contributed by atoms with Gasteiger partial charge in [-0.25, -0.2) is 9.40 Å². The van der Waals surface area contributed by atoms with Crippen molar-refractivity contribution in [2.45, 2.75) is 31.1 Å². The number of hydrogen-bond acceptors (Lipinski definition) is 6. The molecule has 2 aliphatic heterocycles. The summed E-state index contributed by atoms with van der Waals surface area (Å²) >= 11 is 1.23. The van der Waals surface area contributed by atoms with Crippen LogP contribution in [-0.2, 0) is 9.59 Å². The highest BCUT2D eigenvalue weighted by Crippen LogP contribution is 2.38. The van der Waals surface area contributed by atoms with Gasteiger partial charge in [0, 0.05) is 18.5 Å². The van der Waals surface area contributed by atoms with Crippen molar-refractivity contribution in [1.82, 2.24) is 5.01 Å². The molecule has 2 aliphatic rings. The fourth-order valence-corrected chi connectivity index (χ4v) is 5.27. The van der Waals surface area contributed by atoms with E-state index in [4.69, 9.17) is 9.84 Å². The third-order valence-corrected chi connectivity index (χ3v) is 7.36. The minimum absolute atomic E-state index is 0.0217. The highest BCUT2D eigenvalue weighted by molar-refractivity contribution is 8.15. The molecule has 0 unspecified atom stereocenters. The van der Waals surface area contributed by atoms with Crippen LogP contribution in [0.3, 0.4) is 0 Å². The molecule has 5 rings (SSSR count). The van der Waals surface area contributed by atoms with Crippen LogP contribution in [0.15, 0.2) is 82.9 Å². The van der Waals surface area contributed by atoms with Crippen molar-refractivity contribution in [2.24, 2.45) is 10.1 Å². The van der Waals surface area contributed by atoms with Crippen LogP contribution in [0.2, 0.25) is 0 Å². The number of aryl methyl sites for hydroxylation is 1. The SMILES string of the molecule is COc1ccc(NC(=O)C[C@@H]2SC(N3N=C(c4ccc(C)cc4)C[C@H]3c3ccc(F)cc3)=NC2=O)cc1. The van der Waals surface area contributed by atoms with E-state index in [9.17, 15) is 14.0 Å². The number of amides is 2. The smallest absolute Gasteiger partial charge is 0.262 e. The summed E-state index contributed by atoms with van der Waals surface area (Å²) in [5.74, 6) is -0.294. The van der Waals surface area contributed by atoms with Crippen LogP contribution >= 0.6 is 11.8 Å². The molecule has 1 N–H and O–H groups in total. The molecule has 0 aromatic heterocycles. The number of hydrogen-bond donors (Lipinski definition) is 1. The number of halogens is 1. The Hall–Kier alpha value is -3.98. The van der Waals surface area contributed by atoms with E-state index in [2.05, 4.69) is 10.3 Å². The van der Waals surface area contributed by atoms with Crippen molar-refractivity contribution in [1.29, 1.82) is 0 Å². The molecular formula is C28H25FN4O3S. The lowest BCUT2D eigenvalue weighted by molar-refractivity contribution is -0.121. The zero-order valence-corrected chi connectivity index (χ0v) is 21.2. The van der Waals surface area contributed by atoms with Crippen molar-refractivity contribution in [3.63, 3.8) is 0 Å².